The second kappa shape index (κ2) is 5.80. The van der Waals surface area contributed by atoms with E-state index in [0.29, 0.717) is 13.2 Å². The van der Waals surface area contributed by atoms with Crippen molar-refractivity contribution in [3.8, 4) is 0 Å². The Hall–Kier alpha value is -2.26. The van der Waals surface area contributed by atoms with E-state index in [1.165, 1.54) is 11.1 Å². The fourth-order valence-electron chi connectivity index (χ4n) is 2.02. The molecule has 1 aliphatic heterocycles. The third-order valence-electron chi connectivity index (χ3n) is 3.24. The lowest BCUT2D eigenvalue weighted by atomic mass is 10.1. The van der Waals surface area contributed by atoms with E-state index in [0.717, 1.165) is 12.5 Å². The number of ether oxygens (including phenoxy) is 1. The highest BCUT2D eigenvalue weighted by molar-refractivity contribution is 5.99. The smallest absolute Gasteiger partial charge is 0.364 e. The third kappa shape index (κ3) is 2.68. The number of carbonyl (C=O) groups excluding carboxylic acids is 1. The molecule has 1 aromatic rings. The summed E-state index contributed by atoms with van der Waals surface area (Å²) < 4.78 is 5.23. The number of hydrogen-bond donors (Lipinski definition) is 2. The summed E-state index contributed by atoms with van der Waals surface area (Å²) in [5.41, 5.74) is 2.68. The van der Waals surface area contributed by atoms with Gasteiger partial charge in [-0.15, -0.1) is 0 Å². The zero-order chi connectivity index (χ0) is 14.7. The van der Waals surface area contributed by atoms with Crippen LogP contribution in [0, 0.1) is 10.1 Å². The lowest BCUT2D eigenvalue weighted by Crippen LogP contribution is -2.37. The van der Waals surface area contributed by atoms with Gasteiger partial charge in [-0.1, -0.05) is 0 Å². The van der Waals surface area contributed by atoms with Gasteiger partial charge in [-0.25, -0.2) is 0 Å². The van der Waals surface area contributed by atoms with Crippen LogP contribution in [0.5, 0.6) is 0 Å². The normalized spacial score (nSPS) is 17.8. The van der Waals surface area contributed by atoms with Crippen LogP contribution in [0.3, 0.4) is 0 Å². The molecule has 1 amide bonds. The number of aromatic nitrogens is 1. The number of hydrazine groups is 1. The number of likely N-dealkylation sites (N-methyl/N-ethyl adjacent to an activating group) is 1. The number of rotatable bonds is 4. The number of nitro groups is 1. The van der Waals surface area contributed by atoms with Gasteiger partial charge in [-0.2, -0.15) is 0 Å². The van der Waals surface area contributed by atoms with Crippen molar-refractivity contribution in [1.29, 1.82) is 0 Å². The van der Waals surface area contributed by atoms with Crippen molar-refractivity contribution >= 4 is 17.4 Å². The van der Waals surface area contributed by atoms with Crippen LogP contribution in [-0.2, 0) is 4.74 Å². The van der Waals surface area contributed by atoms with Crippen LogP contribution >= 0.6 is 0 Å². The van der Waals surface area contributed by atoms with E-state index in [9.17, 15) is 14.9 Å². The Labute approximate surface area is 114 Å². The molecule has 1 atom stereocenters. The summed E-state index contributed by atoms with van der Waals surface area (Å²) in [6.07, 6.45) is 1.91. The molecule has 0 spiro atoms. The van der Waals surface area contributed by atoms with E-state index in [2.05, 4.69) is 10.4 Å². The van der Waals surface area contributed by atoms with Gasteiger partial charge in [0.2, 0.25) is 0 Å². The average Bonchev–Trinajstić information content (AvgIpc) is 2.99. The van der Waals surface area contributed by atoms with Crippen molar-refractivity contribution in [2.24, 2.45) is 5.84 Å². The molecule has 0 aromatic carbocycles. The largest absolute Gasteiger partial charge is 0.379 e. The van der Waals surface area contributed by atoms with Gasteiger partial charge in [0.1, 0.15) is 5.69 Å². The van der Waals surface area contributed by atoms with Crippen molar-refractivity contribution in [2.45, 2.75) is 12.5 Å². The average molecular weight is 281 g/mol. The lowest BCUT2D eigenvalue weighted by molar-refractivity contribution is -0.389. The molecule has 0 saturated carbocycles. The number of nitrogens with two attached hydrogens (primary N) is 1. The molecule has 20 heavy (non-hydrogen) atoms. The molecular formula is C11H15N5O4. The van der Waals surface area contributed by atoms with Gasteiger partial charge in [-0.05, 0) is 16.3 Å². The summed E-state index contributed by atoms with van der Waals surface area (Å²) in [6, 6.07) is 1.07. The highest BCUT2D eigenvalue weighted by Gasteiger charge is 2.28. The van der Waals surface area contributed by atoms with Crippen molar-refractivity contribution < 1.29 is 14.5 Å². The maximum absolute atomic E-state index is 12.4. The van der Waals surface area contributed by atoms with Crippen LogP contribution < -0.4 is 11.3 Å². The quantitative estimate of drug-likeness (QED) is 0.457. The molecule has 108 valence electrons. The molecule has 1 unspecified atom stereocenters. The molecular weight excluding hydrogens is 266 g/mol. The topological polar surface area (TPSA) is 124 Å². The predicted molar refractivity (Wildman–Crippen MR) is 70.0 cm³/mol. The van der Waals surface area contributed by atoms with Crippen LogP contribution in [0.1, 0.15) is 16.8 Å². The van der Waals surface area contributed by atoms with E-state index in [4.69, 9.17) is 10.6 Å². The van der Waals surface area contributed by atoms with Gasteiger partial charge in [0.05, 0.1) is 24.3 Å². The second-order valence-electron chi connectivity index (χ2n) is 4.42. The first-order valence-electron chi connectivity index (χ1n) is 6.00. The molecule has 9 nitrogen and oxygen atoms in total. The van der Waals surface area contributed by atoms with E-state index in [1.807, 2.05) is 0 Å². The highest BCUT2D eigenvalue weighted by Crippen LogP contribution is 2.22. The summed E-state index contributed by atoms with van der Waals surface area (Å²) >= 11 is 0. The molecule has 1 aliphatic rings. The number of anilines is 1. The number of nitrogens with zero attached hydrogens (tertiary/aromatic N) is 3. The Morgan fingerprint density at radius 1 is 1.70 bits per heavy atom. The van der Waals surface area contributed by atoms with E-state index < -0.39 is 10.7 Å². The van der Waals surface area contributed by atoms with Gasteiger partial charge in [0.25, 0.3) is 5.91 Å². The van der Waals surface area contributed by atoms with Crippen molar-refractivity contribution in [3.63, 3.8) is 0 Å². The fraction of sp³-hybridized carbons (Fsp3) is 0.455. The summed E-state index contributed by atoms with van der Waals surface area (Å²) in [5, 5.41) is 10.7. The Morgan fingerprint density at radius 3 is 3.00 bits per heavy atom. The first kappa shape index (κ1) is 14.2. The summed E-state index contributed by atoms with van der Waals surface area (Å²) in [5.74, 6) is 4.55. The van der Waals surface area contributed by atoms with Crippen molar-refractivity contribution in [2.75, 3.05) is 25.7 Å². The molecule has 2 heterocycles. The SMILES string of the molecule is CN(C(=O)c1cc([N+](=O)[O-])ncc1NN)C1CCOC1. The first-order valence-corrected chi connectivity index (χ1v) is 6.00. The summed E-state index contributed by atoms with van der Waals surface area (Å²) in [7, 11) is 1.63. The number of nitrogens with one attached hydrogen (secondary N) is 1. The van der Waals surface area contributed by atoms with E-state index in [-0.39, 0.29) is 23.2 Å². The van der Waals surface area contributed by atoms with Crippen LogP contribution in [0.15, 0.2) is 12.3 Å². The minimum absolute atomic E-state index is 0.0413. The van der Waals surface area contributed by atoms with Gasteiger partial charge in [0.15, 0.2) is 6.20 Å². The molecule has 1 fully saturated rings. The summed E-state index contributed by atoms with van der Waals surface area (Å²) in [6.45, 7) is 1.06. The summed E-state index contributed by atoms with van der Waals surface area (Å²) in [4.78, 5) is 27.6. The van der Waals surface area contributed by atoms with Crippen molar-refractivity contribution in [3.05, 3.63) is 27.9 Å². The fourth-order valence-corrected chi connectivity index (χ4v) is 2.02. The number of carbonyl (C=O) groups is 1. The molecule has 2 rings (SSSR count). The first-order chi connectivity index (χ1) is 9.54. The third-order valence-corrected chi connectivity index (χ3v) is 3.24. The zero-order valence-corrected chi connectivity index (χ0v) is 10.9. The lowest BCUT2D eigenvalue weighted by Gasteiger charge is -2.23. The number of pyridine rings is 1. The van der Waals surface area contributed by atoms with E-state index in [1.54, 1.807) is 7.05 Å². The monoisotopic (exact) mass is 281 g/mol. The molecule has 1 aromatic heterocycles. The Kier molecular flexibility index (Phi) is 4.11. The zero-order valence-electron chi connectivity index (χ0n) is 10.9. The standard InChI is InChI=1S/C11H15N5O4/c1-15(7-2-3-20-6-7)11(17)8-4-10(16(18)19)13-5-9(8)14-12/h4-5,7,14H,2-3,6,12H2,1H3. The maximum atomic E-state index is 12.4. The Balaban J connectivity index is 2.31. The van der Waals surface area contributed by atoms with Gasteiger partial charge >= 0.3 is 5.82 Å². The highest BCUT2D eigenvalue weighted by atomic mass is 16.6. The van der Waals surface area contributed by atoms with Crippen LogP contribution in [-0.4, -0.2) is 47.0 Å². The number of amides is 1. The van der Waals surface area contributed by atoms with Gasteiger partial charge < -0.3 is 25.2 Å². The molecule has 0 bridgehead atoms. The molecule has 1 saturated heterocycles. The van der Waals surface area contributed by atoms with Crippen LogP contribution in [0.2, 0.25) is 0 Å². The van der Waals surface area contributed by atoms with Crippen LogP contribution in [0.25, 0.3) is 0 Å². The van der Waals surface area contributed by atoms with Crippen LogP contribution in [0.4, 0.5) is 11.5 Å². The van der Waals surface area contributed by atoms with Gasteiger partial charge in [0, 0.05) is 13.7 Å². The second-order valence-corrected chi connectivity index (χ2v) is 4.42. The van der Waals surface area contributed by atoms with Crippen molar-refractivity contribution in [1.82, 2.24) is 9.88 Å². The number of nitrogen functional groups attached to an aromatic ring is 1. The maximum Gasteiger partial charge on any atom is 0.364 e. The predicted octanol–water partition coefficient (Wildman–Crippen LogP) is 0.136. The van der Waals surface area contributed by atoms with Gasteiger partial charge in [-0.3, -0.25) is 10.6 Å². The molecule has 9 heteroatoms. The Bertz CT molecular complexity index is 530. The molecule has 3 N–H and O–H groups in total. The Morgan fingerprint density at radius 2 is 2.45 bits per heavy atom. The minimum Gasteiger partial charge on any atom is -0.379 e. The number of hydrogen-bond acceptors (Lipinski definition) is 7. The molecule has 0 aliphatic carbocycles. The minimum atomic E-state index is -0.657. The van der Waals surface area contributed by atoms with E-state index >= 15 is 0 Å². The molecule has 0 radical (unpaired) electrons.